The first-order valence-electron chi connectivity index (χ1n) is 13.9. The lowest BCUT2D eigenvalue weighted by Gasteiger charge is -2.28. The zero-order valence-electron chi connectivity index (χ0n) is 23.0. The predicted octanol–water partition coefficient (Wildman–Crippen LogP) is 7.57. The van der Waals surface area contributed by atoms with Crippen molar-refractivity contribution >= 4 is 38.9 Å². The summed E-state index contributed by atoms with van der Waals surface area (Å²) in [5.74, 6) is 0.855. The number of nitrogens with one attached hydrogen (secondary N) is 3. The molecule has 0 bridgehead atoms. The number of aromatic amines is 2. The zero-order chi connectivity index (χ0) is 27.4. The fourth-order valence-electron chi connectivity index (χ4n) is 5.77. The fraction of sp³-hybridized carbons (Fsp3) is 0.242. The van der Waals surface area contributed by atoms with Crippen LogP contribution in [-0.4, -0.2) is 43.0 Å². The van der Waals surface area contributed by atoms with E-state index in [9.17, 15) is 4.79 Å². The second-order valence-electron chi connectivity index (χ2n) is 11.8. The van der Waals surface area contributed by atoms with Crippen LogP contribution in [0.3, 0.4) is 0 Å². The lowest BCUT2D eigenvalue weighted by atomic mass is 9.97. The molecule has 1 saturated heterocycles. The maximum Gasteiger partial charge on any atom is 0.318 e. The number of benzene rings is 4. The molecule has 0 radical (unpaired) electrons. The molecule has 2 aromatic heterocycles. The van der Waals surface area contributed by atoms with Crippen molar-refractivity contribution in [1.29, 1.82) is 0 Å². The van der Waals surface area contributed by atoms with E-state index in [0.29, 0.717) is 0 Å². The van der Waals surface area contributed by atoms with Crippen molar-refractivity contribution in [1.82, 2.24) is 30.2 Å². The van der Waals surface area contributed by atoms with Gasteiger partial charge in [0.25, 0.3) is 0 Å². The molecule has 2 amide bonds. The highest BCUT2D eigenvalue weighted by atomic mass is 16.2. The Hall–Kier alpha value is -4.65. The Labute approximate surface area is 232 Å². The maximum absolute atomic E-state index is 12.9. The molecule has 1 aliphatic heterocycles. The molecule has 7 heteroatoms. The number of carbonyl (C=O) groups is 1. The molecular weight excluding hydrogens is 496 g/mol. The summed E-state index contributed by atoms with van der Waals surface area (Å²) in [6.45, 7) is 6.76. The SMILES string of the molecule is CC(C)(C)NC(=O)N1CCCC1c1nc2ccc(-c3ccc4cc(-c5ccc6nc[nH]c6c5)ccc4c3)cc2[nH]1. The van der Waals surface area contributed by atoms with Crippen molar-refractivity contribution in [2.75, 3.05) is 6.54 Å². The number of rotatable bonds is 3. The molecule has 3 heterocycles. The standard InChI is InChI=1S/C33H32N6O/c1-33(2,3)38-32(40)39-14-4-5-30(39)31-36-27-13-11-25(18-29(27)37-31)23-9-7-20-15-22(8-6-21(20)16-23)24-10-12-26-28(17-24)35-19-34-26/h6-13,15-19,30H,4-5,14H2,1-3H3,(H,34,35)(H,36,37)(H,38,40). The largest absolute Gasteiger partial charge is 0.345 e. The number of hydrogen-bond donors (Lipinski definition) is 3. The van der Waals surface area contributed by atoms with E-state index in [2.05, 4.69) is 93.1 Å². The summed E-state index contributed by atoms with van der Waals surface area (Å²) in [4.78, 5) is 30.8. The van der Waals surface area contributed by atoms with Crippen molar-refractivity contribution in [3.63, 3.8) is 0 Å². The van der Waals surface area contributed by atoms with Crippen LogP contribution in [0.15, 0.2) is 79.1 Å². The number of likely N-dealkylation sites (tertiary alicyclic amines) is 1. The number of fused-ring (bicyclic) bond motifs is 3. The minimum Gasteiger partial charge on any atom is -0.345 e. The summed E-state index contributed by atoms with van der Waals surface area (Å²) in [6, 6.07) is 25.8. The van der Waals surface area contributed by atoms with E-state index in [0.717, 1.165) is 58.4 Å². The Balaban J connectivity index is 1.16. The lowest BCUT2D eigenvalue weighted by Crippen LogP contribution is -2.48. The minimum atomic E-state index is -0.275. The van der Waals surface area contributed by atoms with Gasteiger partial charge < -0.3 is 20.2 Å². The second-order valence-corrected chi connectivity index (χ2v) is 11.8. The van der Waals surface area contributed by atoms with Gasteiger partial charge in [-0.25, -0.2) is 14.8 Å². The van der Waals surface area contributed by atoms with E-state index in [1.54, 1.807) is 6.33 Å². The molecule has 200 valence electrons. The molecular formula is C33H32N6O. The van der Waals surface area contributed by atoms with Crippen molar-refractivity contribution in [3.8, 4) is 22.3 Å². The molecule has 3 N–H and O–H groups in total. The highest BCUT2D eigenvalue weighted by molar-refractivity contribution is 5.93. The van der Waals surface area contributed by atoms with Gasteiger partial charge in [-0.3, -0.25) is 0 Å². The molecule has 1 aliphatic rings. The van der Waals surface area contributed by atoms with E-state index in [-0.39, 0.29) is 17.6 Å². The first kappa shape index (κ1) is 24.4. The Morgan fingerprint density at radius 2 is 1.48 bits per heavy atom. The van der Waals surface area contributed by atoms with Gasteiger partial charge in [-0.1, -0.05) is 36.4 Å². The van der Waals surface area contributed by atoms with Gasteiger partial charge in [-0.05, 0) is 103 Å². The average Bonchev–Trinajstić information content (AvgIpc) is 3.69. The van der Waals surface area contributed by atoms with Gasteiger partial charge in [0.15, 0.2) is 0 Å². The maximum atomic E-state index is 12.9. The lowest BCUT2D eigenvalue weighted by molar-refractivity contribution is 0.182. The third-order valence-electron chi connectivity index (χ3n) is 7.74. The summed E-state index contributed by atoms with van der Waals surface area (Å²) in [5.41, 5.74) is 8.28. The number of amides is 2. The molecule has 6 aromatic rings. The number of H-pyrrole nitrogens is 2. The van der Waals surface area contributed by atoms with Gasteiger partial charge in [0.05, 0.1) is 34.4 Å². The number of aromatic nitrogens is 4. The van der Waals surface area contributed by atoms with E-state index in [1.807, 2.05) is 25.7 Å². The van der Waals surface area contributed by atoms with Crippen LogP contribution in [0.25, 0.3) is 55.1 Å². The van der Waals surface area contributed by atoms with Crippen LogP contribution in [0.5, 0.6) is 0 Å². The van der Waals surface area contributed by atoms with Gasteiger partial charge in [0.2, 0.25) is 0 Å². The van der Waals surface area contributed by atoms with Crippen LogP contribution in [0.2, 0.25) is 0 Å². The topological polar surface area (TPSA) is 89.7 Å². The second kappa shape index (κ2) is 9.23. The van der Waals surface area contributed by atoms with E-state index < -0.39 is 0 Å². The van der Waals surface area contributed by atoms with Gasteiger partial charge in [-0.2, -0.15) is 0 Å². The summed E-state index contributed by atoms with van der Waals surface area (Å²) in [6.07, 6.45) is 3.61. The molecule has 0 saturated carbocycles. The Bertz CT molecular complexity index is 1890. The molecule has 1 fully saturated rings. The molecule has 1 unspecified atom stereocenters. The summed E-state index contributed by atoms with van der Waals surface area (Å²) >= 11 is 0. The Kier molecular flexibility index (Phi) is 5.63. The third-order valence-corrected chi connectivity index (χ3v) is 7.74. The molecule has 0 aliphatic carbocycles. The Morgan fingerprint density at radius 3 is 2.17 bits per heavy atom. The van der Waals surface area contributed by atoms with Crippen LogP contribution in [0.4, 0.5) is 4.79 Å². The number of nitrogens with zero attached hydrogens (tertiary/aromatic N) is 3. The number of hydrogen-bond acceptors (Lipinski definition) is 3. The normalized spacial score (nSPS) is 15.9. The van der Waals surface area contributed by atoms with Crippen molar-refractivity contribution in [3.05, 3.63) is 84.9 Å². The van der Waals surface area contributed by atoms with Crippen molar-refractivity contribution in [2.24, 2.45) is 0 Å². The predicted molar refractivity (Wildman–Crippen MR) is 161 cm³/mol. The van der Waals surface area contributed by atoms with Gasteiger partial charge in [0, 0.05) is 12.1 Å². The smallest absolute Gasteiger partial charge is 0.318 e. The number of urea groups is 1. The van der Waals surface area contributed by atoms with E-state index in [1.165, 1.54) is 21.9 Å². The quantitative estimate of drug-likeness (QED) is 0.221. The van der Waals surface area contributed by atoms with Gasteiger partial charge >= 0.3 is 6.03 Å². The van der Waals surface area contributed by atoms with Crippen LogP contribution in [0, 0.1) is 0 Å². The summed E-state index contributed by atoms with van der Waals surface area (Å²) < 4.78 is 0. The van der Waals surface area contributed by atoms with Crippen LogP contribution in [0.1, 0.15) is 45.5 Å². The van der Waals surface area contributed by atoms with E-state index in [4.69, 9.17) is 4.98 Å². The first-order chi connectivity index (χ1) is 19.3. The van der Waals surface area contributed by atoms with Crippen LogP contribution < -0.4 is 5.32 Å². The first-order valence-corrected chi connectivity index (χ1v) is 13.9. The highest BCUT2D eigenvalue weighted by Gasteiger charge is 2.33. The molecule has 0 spiro atoms. The average molecular weight is 529 g/mol. The van der Waals surface area contributed by atoms with Gasteiger partial charge in [0.1, 0.15) is 5.82 Å². The summed E-state index contributed by atoms with van der Waals surface area (Å²) in [7, 11) is 0. The van der Waals surface area contributed by atoms with Crippen LogP contribution in [-0.2, 0) is 0 Å². The van der Waals surface area contributed by atoms with E-state index >= 15 is 0 Å². The Morgan fingerprint density at radius 1 is 0.850 bits per heavy atom. The molecule has 1 atom stereocenters. The molecule has 4 aromatic carbocycles. The van der Waals surface area contributed by atoms with Crippen molar-refractivity contribution in [2.45, 2.75) is 45.2 Å². The third kappa shape index (κ3) is 4.47. The fourth-order valence-corrected chi connectivity index (χ4v) is 5.77. The highest BCUT2D eigenvalue weighted by Crippen LogP contribution is 2.34. The molecule has 7 rings (SSSR count). The molecule has 40 heavy (non-hydrogen) atoms. The monoisotopic (exact) mass is 528 g/mol. The number of imidazole rings is 2. The van der Waals surface area contributed by atoms with Crippen LogP contribution >= 0.6 is 0 Å². The zero-order valence-corrected chi connectivity index (χ0v) is 23.0. The summed E-state index contributed by atoms with van der Waals surface area (Å²) in [5, 5.41) is 5.49. The number of carbonyl (C=O) groups excluding carboxylic acids is 1. The minimum absolute atomic E-state index is 0.0303. The van der Waals surface area contributed by atoms with Crippen molar-refractivity contribution < 1.29 is 4.79 Å². The molecule has 7 nitrogen and oxygen atoms in total. The van der Waals surface area contributed by atoms with Gasteiger partial charge in [-0.15, -0.1) is 0 Å².